The summed E-state index contributed by atoms with van der Waals surface area (Å²) < 4.78 is 0. The van der Waals surface area contributed by atoms with Gasteiger partial charge >= 0.3 is 0 Å². The van der Waals surface area contributed by atoms with Gasteiger partial charge in [-0.3, -0.25) is 0 Å². The molecule has 174 valence electrons. The summed E-state index contributed by atoms with van der Waals surface area (Å²) in [6, 6.07) is 0.000750. The summed E-state index contributed by atoms with van der Waals surface area (Å²) in [6.07, 6.45) is 10.5. The Hall–Kier alpha value is -0.240. The van der Waals surface area contributed by atoms with E-state index in [9.17, 15) is 0 Å². The van der Waals surface area contributed by atoms with Gasteiger partial charge in [0.2, 0.25) is 0 Å². The first kappa shape index (κ1) is 26.8. The van der Waals surface area contributed by atoms with Crippen LogP contribution in [0.1, 0.15) is 85.0 Å². The molecule has 1 saturated carbocycles. The van der Waals surface area contributed by atoms with E-state index >= 15 is 0 Å². The fraction of sp³-hybridized carbons (Fsp3) is 1.00. The quantitative estimate of drug-likeness (QED) is 0.240. The Labute approximate surface area is 180 Å². The van der Waals surface area contributed by atoms with E-state index in [2.05, 4.69) is 20.8 Å². The molecule has 1 aliphatic rings. The van der Waals surface area contributed by atoms with Crippen LogP contribution in [0.3, 0.4) is 0 Å². The Morgan fingerprint density at radius 2 is 1.45 bits per heavy atom. The van der Waals surface area contributed by atoms with Crippen molar-refractivity contribution in [2.24, 2.45) is 63.5 Å². The normalized spacial score (nSPS) is 27.7. The van der Waals surface area contributed by atoms with Gasteiger partial charge < -0.3 is 34.4 Å². The molecule has 1 fully saturated rings. The van der Waals surface area contributed by atoms with Crippen molar-refractivity contribution in [2.45, 2.75) is 96.7 Å². The lowest BCUT2D eigenvalue weighted by atomic mass is 9.54. The molecule has 0 heterocycles. The standard InChI is InChI=1S/C23H52N6/c1-17(2)22(10-8-18(3)16-23(22,28)29)21(27)15-20(7-5-12-25)14-19(9-13-26)6-4-11-24/h17-21H,4-16,24-29H2,1-3H3. The third kappa shape index (κ3) is 7.15. The van der Waals surface area contributed by atoms with Crippen LogP contribution in [0.25, 0.3) is 0 Å². The lowest BCUT2D eigenvalue weighted by Crippen LogP contribution is -2.72. The monoisotopic (exact) mass is 412 g/mol. The highest BCUT2D eigenvalue weighted by molar-refractivity contribution is 5.09. The first-order valence-electron chi connectivity index (χ1n) is 12.1. The van der Waals surface area contributed by atoms with E-state index in [1.54, 1.807) is 0 Å². The van der Waals surface area contributed by atoms with Gasteiger partial charge in [-0.1, -0.05) is 20.8 Å². The van der Waals surface area contributed by atoms with Gasteiger partial charge in [-0.05, 0) is 108 Å². The minimum Gasteiger partial charge on any atom is -0.330 e. The molecule has 0 aliphatic heterocycles. The second-order valence-electron chi connectivity index (χ2n) is 10.3. The summed E-state index contributed by atoms with van der Waals surface area (Å²) in [4.78, 5) is 0. The molecule has 6 heteroatoms. The number of nitrogens with two attached hydrogens (primary N) is 6. The predicted octanol–water partition coefficient (Wildman–Crippen LogP) is 2.23. The fourth-order valence-electron chi connectivity index (χ4n) is 6.17. The molecule has 12 N–H and O–H groups in total. The highest BCUT2D eigenvalue weighted by atomic mass is 15.0. The zero-order valence-electron chi connectivity index (χ0n) is 19.5. The van der Waals surface area contributed by atoms with Gasteiger partial charge in [-0.15, -0.1) is 0 Å². The van der Waals surface area contributed by atoms with Crippen LogP contribution in [-0.4, -0.2) is 31.3 Å². The van der Waals surface area contributed by atoms with E-state index in [-0.39, 0.29) is 11.5 Å². The Kier molecular flexibility index (Phi) is 11.6. The molecular weight excluding hydrogens is 360 g/mol. The molecule has 0 saturated heterocycles. The molecule has 0 aromatic heterocycles. The Morgan fingerprint density at radius 3 is 1.93 bits per heavy atom. The molecule has 5 unspecified atom stereocenters. The first-order valence-corrected chi connectivity index (χ1v) is 12.1. The first-order chi connectivity index (χ1) is 13.6. The van der Waals surface area contributed by atoms with Gasteiger partial charge in [0.1, 0.15) is 0 Å². The van der Waals surface area contributed by atoms with E-state index in [0.717, 1.165) is 83.8 Å². The summed E-state index contributed by atoms with van der Waals surface area (Å²) in [5.41, 5.74) is 37.1. The molecule has 6 nitrogen and oxygen atoms in total. The Balaban J connectivity index is 2.99. The van der Waals surface area contributed by atoms with Gasteiger partial charge in [-0.2, -0.15) is 0 Å². The Morgan fingerprint density at radius 1 is 0.862 bits per heavy atom. The zero-order chi connectivity index (χ0) is 22.1. The van der Waals surface area contributed by atoms with Crippen molar-refractivity contribution in [1.82, 2.24) is 0 Å². The molecule has 0 bridgehead atoms. The molecule has 29 heavy (non-hydrogen) atoms. The average Bonchev–Trinajstić information content (AvgIpc) is 2.63. The van der Waals surface area contributed by atoms with Crippen molar-refractivity contribution in [3.05, 3.63) is 0 Å². The highest BCUT2D eigenvalue weighted by Crippen LogP contribution is 2.51. The van der Waals surface area contributed by atoms with Crippen LogP contribution in [0.2, 0.25) is 0 Å². The van der Waals surface area contributed by atoms with Crippen LogP contribution in [0.15, 0.2) is 0 Å². The van der Waals surface area contributed by atoms with Crippen LogP contribution < -0.4 is 34.4 Å². The van der Waals surface area contributed by atoms with Crippen LogP contribution in [0.5, 0.6) is 0 Å². The lowest BCUT2D eigenvalue weighted by Gasteiger charge is -2.57. The lowest BCUT2D eigenvalue weighted by molar-refractivity contribution is -0.0327. The second kappa shape index (κ2) is 12.6. The maximum Gasteiger partial charge on any atom is 0.0714 e. The van der Waals surface area contributed by atoms with Crippen LogP contribution in [0, 0.1) is 29.1 Å². The summed E-state index contributed by atoms with van der Waals surface area (Å²) in [7, 11) is 0. The van der Waals surface area contributed by atoms with E-state index in [0.29, 0.717) is 23.7 Å². The maximum absolute atomic E-state index is 6.99. The van der Waals surface area contributed by atoms with Crippen LogP contribution in [0.4, 0.5) is 0 Å². The minimum absolute atomic E-state index is 0.000750. The summed E-state index contributed by atoms with van der Waals surface area (Å²) >= 11 is 0. The molecule has 1 aliphatic carbocycles. The molecule has 1 rings (SSSR count). The predicted molar refractivity (Wildman–Crippen MR) is 126 cm³/mol. The molecule has 5 atom stereocenters. The summed E-state index contributed by atoms with van der Waals surface area (Å²) in [5.74, 6) is 2.06. The van der Waals surface area contributed by atoms with Crippen molar-refractivity contribution in [3.63, 3.8) is 0 Å². The van der Waals surface area contributed by atoms with Crippen molar-refractivity contribution in [3.8, 4) is 0 Å². The van der Waals surface area contributed by atoms with Gasteiger partial charge in [0.15, 0.2) is 0 Å². The van der Waals surface area contributed by atoms with Gasteiger partial charge in [-0.25, -0.2) is 0 Å². The van der Waals surface area contributed by atoms with Crippen molar-refractivity contribution in [2.75, 3.05) is 19.6 Å². The SMILES string of the molecule is CC1CCC(C(C)C)(C(N)CC(CCCN)CC(CCN)CCCN)C(N)(N)C1. The smallest absolute Gasteiger partial charge is 0.0714 e. The molecule has 0 amide bonds. The molecule has 0 spiro atoms. The topological polar surface area (TPSA) is 156 Å². The van der Waals surface area contributed by atoms with E-state index < -0.39 is 5.66 Å². The third-order valence-electron chi connectivity index (χ3n) is 7.76. The third-order valence-corrected chi connectivity index (χ3v) is 7.76. The molecule has 0 aromatic rings. The van der Waals surface area contributed by atoms with Crippen molar-refractivity contribution in [1.29, 1.82) is 0 Å². The van der Waals surface area contributed by atoms with Crippen molar-refractivity contribution >= 4 is 0 Å². The number of hydrogen-bond acceptors (Lipinski definition) is 6. The largest absolute Gasteiger partial charge is 0.330 e. The Bertz CT molecular complexity index is 441. The molecule has 0 aromatic carbocycles. The number of rotatable bonds is 14. The van der Waals surface area contributed by atoms with Crippen LogP contribution >= 0.6 is 0 Å². The van der Waals surface area contributed by atoms with E-state index in [4.69, 9.17) is 34.4 Å². The van der Waals surface area contributed by atoms with Gasteiger partial charge in [0.05, 0.1) is 5.66 Å². The van der Waals surface area contributed by atoms with E-state index in [1.165, 1.54) is 0 Å². The summed E-state index contributed by atoms with van der Waals surface area (Å²) in [5, 5.41) is 0. The van der Waals surface area contributed by atoms with Gasteiger partial charge in [0, 0.05) is 11.5 Å². The number of hydrogen-bond donors (Lipinski definition) is 6. The fourth-order valence-corrected chi connectivity index (χ4v) is 6.17. The summed E-state index contributed by atoms with van der Waals surface area (Å²) in [6.45, 7) is 8.94. The van der Waals surface area contributed by atoms with Crippen molar-refractivity contribution < 1.29 is 0 Å². The minimum atomic E-state index is -0.715. The highest BCUT2D eigenvalue weighted by Gasteiger charge is 2.55. The van der Waals surface area contributed by atoms with E-state index in [1.807, 2.05) is 0 Å². The van der Waals surface area contributed by atoms with Crippen LogP contribution in [-0.2, 0) is 0 Å². The maximum atomic E-state index is 6.99. The van der Waals surface area contributed by atoms with Gasteiger partial charge in [0.25, 0.3) is 0 Å². The zero-order valence-corrected chi connectivity index (χ0v) is 19.5. The average molecular weight is 413 g/mol. The molecule has 0 radical (unpaired) electrons. The second-order valence-corrected chi connectivity index (χ2v) is 10.3. The molecular formula is C23H52N6.